The minimum absolute atomic E-state index is 0. The van der Waals surface area contributed by atoms with Crippen LogP contribution < -0.4 is 10.2 Å². The molecule has 0 bridgehead atoms. The Bertz CT molecular complexity index is 600. The van der Waals surface area contributed by atoms with Crippen LogP contribution in [0, 0.1) is 12.8 Å². The van der Waals surface area contributed by atoms with Gasteiger partial charge in [-0.1, -0.05) is 12.1 Å². The third-order valence-electron chi connectivity index (χ3n) is 5.28. The van der Waals surface area contributed by atoms with Crippen molar-refractivity contribution >= 4 is 35.6 Å². The van der Waals surface area contributed by atoms with Crippen LogP contribution in [0.25, 0.3) is 0 Å². The van der Waals surface area contributed by atoms with E-state index in [1.165, 1.54) is 11.3 Å². The molecule has 0 aromatic heterocycles. The van der Waals surface area contributed by atoms with Gasteiger partial charge in [0.2, 0.25) is 0 Å². The van der Waals surface area contributed by atoms with Crippen molar-refractivity contribution in [1.29, 1.82) is 0 Å². The summed E-state index contributed by atoms with van der Waals surface area (Å²) in [5.74, 6) is 1.60. The molecular weight excluding hydrogens is 467 g/mol. The maximum Gasteiger partial charge on any atom is 0.193 e. The van der Waals surface area contributed by atoms with Gasteiger partial charge in [-0.15, -0.1) is 24.0 Å². The SMILES string of the molecule is CN=C(NCCCOCC1CCOC1)N1CCN(c2cccc(C)c2)CC1.I. The number of guanidine groups is 1. The number of nitrogens with zero attached hydrogens (tertiary/aromatic N) is 3. The van der Waals surface area contributed by atoms with E-state index in [9.17, 15) is 0 Å². The molecule has 2 heterocycles. The first-order valence-electron chi connectivity index (χ1n) is 10.2. The fraction of sp³-hybridized carbons (Fsp3) is 0.667. The van der Waals surface area contributed by atoms with Gasteiger partial charge in [-0.25, -0.2) is 0 Å². The van der Waals surface area contributed by atoms with Gasteiger partial charge in [0, 0.05) is 64.6 Å². The van der Waals surface area contributed by atoms with E-state index < -0.39 is 0 Å². The van der Waals surface area contributed by atoms with Crippen LogP contribution in [0.1, 0.15) is 18.4 Å². The van der Waals surface area contributed by atoms with E-state index in [0.717, 1.165) is 78.0 Å². The Morgan fingerprint density at radius 3 is 2.79 bits per heavy atom. The van der Waals surface area contributed by atoms with Crippen LogP contribution in [0.15, 0.2) is 29.3 Å². The molecular formula is C21H35IN4O2. The summed E-state index contributed by atoms with van der Waals surface area (Å²) < 4.78 is 11.1. The second-order valence-electron chi connectivity index (χ2n) is 7.45. The van der Waals surface area contributed by atoms with E-state index in [1.807, 2.05) is 7.05 Å². The van der Waals surface area contributed by atoms with Crippen LogP contribution in [0.5, 0.6) is 0 Å². The van der Waals surface area contributed by atoms with Crippen LogP contribution in [0.3, 0.4) is 0 Å². The molecule has 0 spiro atoms. The molecule has 158 valence electrons. The molecule has 2 fully saturated rings. The van der Waals surface area contributed by atoms with Crippen molar-refractivity contribution in [1.82, 2.24) is 10.2 Å². The van der Waals surface area contributed by atoms with Crippen LogP contribution in [0.4, 0.5) is 5.69 Å². The maximum absolute atomic E-state index is 5.77. The number of anilines is 1. The lowest BCUT2D eigenvalue weighted by Crippen LogP contribution is -2.52. The zero-order chi connectivity index (χ0) is 18.9. The Balaban J connectivity index is 0.00000280. The average molecular weight is 502 g/mol. The zero-order valence-corrected chi connectivity index (χ0v) is 19.6. The topological polar surface area (TPSA) is 49.3 Å². The lowest BCUT2D eigenvalue weighted by Gasteiger charge is -2.37. The van der Waals surface area contributed by atoms with Gasteiger partial charge in [-0.3, -0.25) is 4.99 Å². The Hall–Kier alpha value is -1.06. The van der Waals surface area contributed by atoms with E-state index in [4.69, 9.17) is 9.47 Å². The molecule has 0 amide bonds. The summed E-state index contributed by atoms with van der Waals surface area (Å²) in [6.45, 7) is 10.5. The van der Waals surface area contributed by atoms with Gasteiger partial charge in [0.15, 0.2) is 5.96 Å². The summed E-state index contributed by atoms with van der Waals surface area (Å²) >= 11 is 0. The first-order chi connectivity index (χ1) is 13.3. The normalized spacial score (nSPS) is 20.2. The molecule has 0 aliphatic carbocycles. The van der Waals surface area contributed by atoms with Gasteiger partial charge >= 0.3 is 0 Å². The fourth-order valence-electron chi connectivity index (χ4n) is 3.67. The Kier molecular flexibility index (Phi) is 10.4. The predicted molar refractivity (Wildman–Crippen MR) is 126 cm³/mol. The number of aryl methyl sites for hydroxylation is 1. The highest BCUT2D eigenvalue weighted by Crippen LogP contribution is 2.17. The Labute approximate surface area is 186 Å². The number of benzene rings is 1. The van der Waals surface area contributed by atoms with Crippen LogP contribution >= 0.6 is 24.0 Å². The number of piperazine rings is 1. The molecule has 2 saturated heterocycles. The monoisotopic (exact) mass is 502 g/mol. The first-order valence-corrected chi connectivity index (χ1v) is 10.2. The van der Waals surface area contributed by atoms with Gasteiger partial charge in [0.1, 0.15) is 0 Å². The summed E-state index contributed by atoms with van der Waals surface area (Å²) in [6.07, 6.45) is 2.13. The molecule has 2 aliphatic rings. The molecule has 0 radical (unpaired) electrons. The standard InChI is InChI=1S/C21H34N4O2.HI/c1-18-5-3-6-20(15-18)24-9-11-25(12-10-24)21(22-2)23-8-4-13-26-16-19-7-14-27-17-19;/h3,5-6,15,19H,4,7-14,16-17H2,1-2H3,(H,22,23);1H. The van der Waals surface area contributed by atoms with Crippen molar-refractivity contribution in [3.63, 3.8) is 0 Å². The summed E-state index contributed by atoms with van der Waals surface area (Å²) in [5, 5.41) is 3.48. The van der Waals surface area contributed by atoms with Crippen molar-refractivity contribution in [2.24, 2.45) is 10.9 Å². The van der Waals surface area contributed by atoms with E-state index in [-0.39, 0.29) is 24.0 Å². The van der Waals surface area contributed by atoms with Gasteiger partial charge in [0.05, 0.1) is 13.2 Å². The van der Waals surface area contributed by atoms with E-state index >= 15 is 0 Å². The molecule has 7 heteroatoms. The molecule has 6 nitrogen and oxygen atoms in total. The third kappa shape index (κ3) is 7.08. The van der Waals surface area contributed by atoms with Crippen molar-refractivity contribution in [3.8, 4) is 0 Å². The van der Waals surface area contributed by atoms with E-state index in [2.05, 4.69) is 51.3 Å². The van der Waals surface area contributed by atoms with Crippen LogP contribution in [-0.2, 0) is 9.47 Å². The average Bonchev–Trinajstić information content (AvgIpc) is 3.21. The van der Waals surface area contributed by atoms with Crippen molar-refractivity contribution in [2.75, 3.05) is 71.1 Å². The first kappa shape index (κ1) is 23.2. The Morgan fingerprint density at radius 1 is 1.29 bits per heavy atom. The van der Waals surface area contributed by atoms with Crippen molar-refractivity contribution in [2.45, 2.75) is 19.8 Å². The summed E-state index contributed by atoms with van der Waals surface area (Å²) in [4.78, 5) is 9.27. The highest BCUT2D eigenvalue weighted by atomic mass is 127. The largest absolute Gasteiger partial charge is 0.381 e. The van der Waals surface area contributed by atoms with Gasteiger partial charge in [-0.05, 0) is 37.5 Å². The van der Waals surface area contributed by atoms with Crippen LogP contribution in [0.2, 0.25) is 0 Å². The lowest BCUT2D eigenvalue weighted by atomic mass is 10.1. The number of aliphatic imine (C=N–C) groups is 1. The van der Waals surface area contributed by atoms with Crippen LogP contribution in [-0.4, -0.2) is 77.1 Å². The van der Waals surface area contributed by atoms with Crippen molar-refractivity contribution in [3.05, 3.63) is 29.8 Å². The smallest absolute Gasteiger partial charge is 0.193 e. The minimum atomic E-state index is 0. The second kappa shape index (κ2) is 12.5. The molecule has 0 saturated carbocycles. The molecule has 1 unspecified atom stereocenters. The van der Waals surface area contributed by atoms with E-state index in [0.29, 0.717) is 5.92 Å². The second-order valence-corrected chi connectivity index (χ2v) is 7.45. The van der Waals surface area contributed by atoms with Gasteiger partial charge in [0.25, 0.3) is 0 Å². The molecule has 28 heavy (non-hydrogen) atoms. The molecule has 1 atom stereocenters. The number of hydrogen-bond donors (Lipinski definition) is 1. The number of halogens is 1. The predicted octanol–water partition coefficient (Wildman–Crippen LogP) is 2.75. The number of rotatable bonds is 7. The minimum Gasteiger partial charge on any atom is -0.381 e. The lowest BCUT2D eigenvalue weighted by molar-refractivity contribution is 0.0887. The summed E-state index contributed by atoms with van der Waals surface area (Å²) in [5.41, 5.74) is 2.64. The zero-order valence-electron chi connectivity index (χ0n) is 17.2. The summed E-state index contributed by atoms with van der Waals surface area (Å²) in [7, 11) is 1.87. The van der Waals surface area contributed by atoms with Gasteiger partial charge in [-0.2, -0.15) is 0 Å². The highest BCUT2D eigenvalue weighted by Gasteiger charge is 2.20. The molecule has 2 aliphatic heterocycles. The number of nitrogens with one attached hydrogen (secondary N) is 1. The molecule has 3 rings (SSSR count). The maximum atomic E-state index is 5.77. The summed E-state index contributed by atoms with van der Waals surface area (Å²) in [6, 6.07) is 8.75. The quantitative estimate of drug-likeness (QED) is 0.269. The fourth-order valence-corrected chi connectivity index (χ4v) is 3.67. The highest BCUT2D eigenvalue weighted by molar-refractivity contribution is 14.0. The van der Waals surface area contributed by atoms with E-state index in [1.54, 1.807) is 0 Å². The van der Waals surface area contributed by atoms with Crippen molar-refractivity contribution < 1.29 is 9.47 Å². The molecule has 1 aromatic carbocycles. The number of ether oxygens (including phenoxy) is 2. The third-order valence-corrected chi connectivity index (χ3v) is 5.28. The van der Waals surface area contributed by atoms with Gasteiger partial charge < -0.3 is 24.6 Å². The molecule has 1 aromatic rings. The number of hydrogen-bond acceptors (Lipinski definition) is 4. The molecule has 1 N–H and O–H groups in total. The Morgan fingerprint density at radius 2 is 2.11 bits per heavy atom.